The molecule has 0 aliphatic rings. The van der Waals surface area contributed by atoms with E-state index in [1.54, 1.807) is 0 Å². The second-order valence-corrected chi connectivity index (χ2v) is 9.16. The number of rotatable bonds is 21. The molecule has 0 aromatic rings. The van der Waals surface area contributed by atoms with Gasteiger partial charge in [0.05, 0.1) is 12.7 Å². The van der Waals surface area contributed by atoms with Crippen LogP contribution in [0.4, 0.5) is 0 Å². The molecule has 0 aromatic carbocycles. The summed E-state index contributed by atoms with van der Waals surface area (Å²) in [6, 6.07) is 0. The summed E-state index contributed by atoms with van der Waals surface area (Å²) < 4.78 is 14.7. The minimum absolute atomic E-state index is 0.0933. The molecule has 1 amide bonds. The number of allylic oxidation sites excluding steroid dienone is 4. The van der Waals surface area contributed by atoms with E-state index in [0.29, 0.717) is 6.42 Å². The topological polar surface area (TPSA) is 116 Å². The molecule has 0 fully saturated rings. The molecule has 7 nitrogen and oxygen atoms in total. The normalized spacial score (nSPS) is 13.3. The molecule has 0 aromatic heterocycles. The number of amides is 1. The number of aliphatic hydroxyl groups excluding tert-OH is 1. The third kappa shape index (κ3) is 25.2. The van der Waals surface area contributed by atoms with E-state index in [9.17, 15) is 14.5 Å². The average molecular weight is 462 g/mol. The lowest BCUT2D eigenvalue weighted by Crippen LogP contribution is -2.34. The van der Waals surface area contributed by atoms with E-state index in [1.165, 1.54) is 64.2 Å². The summed E-state index contributed by atoms with van der Waals surface area (Å²) in [5.41, 5.74) is 0. The van der Waals surface area contributed by atoms with Crippen LogP contribution in [-0.4, -0.2) is 40.1 Å². The van der Waals surface area contributed by atoms with E-state index in [4.69, 9.17) is 9.79 Å². The van der Waals surface area contributed by atoms with Gasteiger partial charge >= 0.3 is 7.82 Å². The van der Waals surface area contributed by atoms with Crippen molar-refractivity contribution in [1.82, 2.24) is 5.32 Å². The van der Waals surface area contributed by atoms with Gasteiger partial charge in [-0.3, -0.25) is 9.32 Å². The molecule has 0 rings (SSSR count). The number of aliphatic hydroxyl groups is 1. The Morgan fingerprint density at radius 1 is 0.871 bits per heavy atom. The van der Waals surface area contributed by atoms with Crippen LogP contribution in [0.3, 0.4) is 0 Å². The molecule has 1 unspecified atom stereocenters. The highest BCUT2D eigenvalue weighted by atomic mass is 31.2. The van der Waals surface area contributed by atoms with Gasteiger partial charge in [0, 0.05) is 13.0 Å². The summed E-state index contributed by atoms with van der Waals surface area (Å²) in [4.78, 5) is 28.7. The van der Waals surface area contributed by atoms with Gasteiger partial charge in [-0.25, -0.2) is 4.57 Å². The van der Waals surface area contributed by atoms with Gasteiger partial charge in [0.25, 0.3) is 0 Å². The third-order valence-electron chi connectivity index (χ3n) is 4.79. The first-order chi connectivity index (χ1) is 14.8. The molecule has 0 radical (unpaired) electrons. The van der Waals surface area contributed by atoms with Crippen LogP contribution in [0.2, 0.25) is 0 Å². The Kier molecular flexibility index (Phi) is 20.2. The second kappa shape index (κ2) is 20.9. The molecule has 4 N–H and O–H groups in total. The highest BCUT2D eigenvalue weighted by molar-refractivity contribution is 7.46. The van der Waals surface area contributed by atoms with Crippen molar-refractivity contribution in [2.45, 2.75) is 103 Å². The van der Waals surface area contributed by atoms with E-state index in [0.717, 1.165) is 19.3 Å². The van der Waals surface area contributed by atoms with E-state index >= 15 is 0 Å². The van der Waals surface area contributed by atoms with Gasteiger partial charge in [0.15, 0.2) is 0 Å². The molecule has 0 bridgehead atoms. The van der Waals surface area contributed by atoms with Gasteiger partial charge in [-0.1, -0.05) is 63.3 Å². The van der Waals surface area contributed by atoms with Crippen molar-refractivity contribution >= 4 is 13.7 Å². The number of unbranched alkanes of at least 4 members (excludes halogenated alkanes) is 10. The minimum Gasteiger partial charge on any atom is -0.389 e. The van der Waals surface area contributed by atoms with Crippen LogP contribution in [-0.2, 0) is 13.9 Å². The quantitative estimate of drug-likeness (QED) is 0.106. The highest BCUT2D eigenvalue weighted by Gasteiger charge is 2.17. The highest BCUT2D eigenvalue weighted by Crippen LogP contribution is 2.35. The van der Waals surface area contributed by atoms with E-state index in [-0.39, 0.29) is 12.5 Å². The smallest absolute Gasteiger partial charge is 0.389 e. The molecule has 0 heterocycles. The lowest BCUT2D eigenvalue weighted by Gasteiger charge is -2.12. The molecule has 31 heavy (non-hydrogen) atoms. The van der Waals surface area contributed by atoms with Crippen molar-refractivity contribution < 1.29 is 28.8 Å². The first-order valence-corrected chi connectivity index (χ1v) is 13.3. The molecule has 0 saturated heterocycles. The molecule has 1 atom stereocenters. The van der Waals surface area contributed by atoms with Gasteiger partial charge in [0.2, 0.25) is 5.91 Å². The lowest BCUT2D eigenvalue weighted by molar-refractivity contribution is -0.121. The molecule has 0 aliphatic heterocycles. The Labute approximate surface area is 188 Å². The molecule has 8 heteroatoms. The van der Waals surface area contributed by atoms with Crippen molar-refractivity contribution in [3.05, 3.63) is 24.3 Å². The van der Waals surface area contributed by atoms with Crippen LogP contribution < -0.4 is 5.32 Å². The molecule has 0 aliphatic carbocycles. The molecular weight excluding hydrogens is 417 g/mol. The predicted octanol–water partition coefficient (Wildman–Crippen LogP) is 5.17. The third-order valence-corrected chi connectivity index (χ3v) is 5.28. The molecule has 0 spiro atoms. The zero-order valence-corrected chi connectivity index (χ0v) is 20.1. The minimum atomic E-state index is -4.60. The van der Waals surface area contributed by atoms with Crippen molar-refractivity contribution in [1.29, 1.82) is 0 Å². The molecule has 0 saturated carbocycles. The Balaban J connectivity index is 3.42. The van der Waals surface area contributed by atoms with E-state index in [1.807, 2.05) is 0 Å². The monoisotopic (exact) mass is 461 g/mol. The molecular formula is C23H44NO6P. The van der Waals surface area contributed by atoms with Gasteiger partial charge in [0.1, 0.15) is 0 Å². The fourth-order valence-electron chi connectivity index (χ4n) is 2.98. The Bertz CT molecular complexity index is 532. The Morgan fingerprint density at radius 3 is 1.87 bits per heavy atom. The Morgan fingerprint density at radius 2 is 1.35 bits per heavy atom. The van der Waals surface area contributed by atoms with Crippen LogP contribution in [0.15, 0.2) is 24.3 Å². The van der Waals surface area contributed by atoms with Gasteiger partial charge in [-0.05, 0) is 51.4 Å². The van der Waals surface area contributed by atoms with Crippen LogP contribution in [0.5, 0.6) is 0 Å². The average Bonchev–Trinajstić information content (AvgIpc) is 2.72. The number of carbonyl (C=O) groups is 1. The van der Waals surface area contributed by atoms with Gasteiger partial charge in [-0.15, -0.1) is 0 Å². The largest absolute Gasteiger partial charge is 0.469 e. The number of hydrogen-bond donors (Lipinski definition) is 4. The summed E-state index contributed by atoms with van der Waals surface area (Å²) in [5.74, 6) is -0.195. The van der Waals surface area contributed by atoms with Crippen molar-refractivity contribution in [3.8, 4) is 0 Å². The summed E-state index contributed by atoms with van der Waals surface area (Å²) in [6.07, 6.45) is 23.5. The maximum Gasteiger partial charge on any atom is 0.469 e. The Hall–Kier alpha value is -0.980. The first-order valence-electron chi connectivity index (χ1n) is 11.8. The summed E-state index contributed by atoms with van der Waals surface area (Å²) >= 11 is 0. The maximum absolute atomic E-state index is 11.7. The number of carbonyl (C=O) groups excluding carboxylic acids is 1. The number of phosphoric ester groups is 1. The standard InChI is InChI=1S/C23H44NO6P/c1-2-3-4-5-6-7-8-9-10-11-12-13-14-15-16-17-18-19-23(26)24-20-22(25)21-30-31(27,28)29/h6-7,15-16,22,25H,2-5,8-14,17-21H2,1H3,(H,24,26)(H2,27,28,29). The van der Waals surface area contributed by atoms with Crippen LogP contribution >= 0.6 is 7.82 Å². The summed E-state index contributed by atoms with van der Waals surface area (Å²) in [7, 11) is -4.60. The molecule has 182 valence electrons. The van der Waals surface area contributed by atoms with Crippen LogP contribution in [0, 0.1) is 0 Å². The fraction of sp³-hybridized carbons (Fsp3) is 0.783. The number of nitrogens with one attached hydrogen (secondary N) is 1. The van der Waals surface area contributed by atoms with E-state index in [2.05, 4.69) is 41.1 Å². The van der Waals surface area contributed by atoms with Crippen LogP contribution in [0.1, 0.15) is 96.8 Å². The zero-order chi connectivity index (χ0) is 23.2. The fourth-order valence-corrected chi connectivity index (χ4v) is 3.35. The van der Waals surface area contributed by atoms with E-state index < -0.39 is 20.5 Å². The van der Waals surface area contributed by atoms with Gasteiger partial charge in [-0.2, -0.15) is 0 Å². The van der Waals surface area contributed by atoms with Crippen molar-refractivity contribution in [2.24, 2.45) is 0 Å². The number of hydrogen-bond acceptors (Lipinski definition) is 4. The predicted molar refractivity (Wildman–Crippen MR) is 126 cm³/mol. The maximum atomic E-state index is 11.7. The zero-order valence-electron chi connectivity index (χ0n) is 19.2. The summed E-state index contributed by atoms with van der Waals surface area (Å²) in [6.45, 7) is 1.62. The van der Waals surface area contributed by atoms with Crippen molar-refractivity contribution in [3.63, 3.8) is 0 Å². The van der Waals surface area contributed by atoms with Crippen molar-refractivity contribution in [2.75, 3.05) is 13.2 Å². The lowest BCUT2D eigenvalue weighted by atomic mass is 10.1. The second-order valence-electron chi connectivity index (χ2n) is 7.92. The van der Waals surface area contributed by atoms with Crippen LogP contribution in [0.25, 0.3) is 0 Å². The SMILES string of the molecule is CCCCCC=CCCCCCCCC=CCCCC(=O)NCC(O)COP(=O)(O)O. The number of phosphoric acid groups is 1. The van der Waals surface area contributed by atoms with Gasteiger partial charge < -0.3 is 20.2 Å². The summed E-state index contributed by atoms with van der Waals surface area (Å²) in [5, 5.41) is 12.0. The first kappa shape index (κ1) is 30.0.